The predicted octanol–water partition coefficient (Wildman–Crippen LogP) is 1.41. The average molecular weight is 398 g/mol. The third-order valence-electron chi connectivity index (χ3n) is 4.96. The molecule has 148 valence electrons. The van der Waals surface area contributed by atoms with Crippen LogP contribution < -0.4 is 4.74 Å². The molecule has 10 heteroatoms. The molecule has 0 radical (unpaired) electrons. The summed E-state index contributed by atoms with van der Waals surface area (Å²) in [5, 5.41) is 11.2. The summed E-state index contributed by atoms with van der Waals surface area (Å²) in [5.41, 5.74) is -0.177. The van der Waals surface area contributed by atoms with E-state index < -0.39 is 26.7 Å². The van der Waals surface area contributed by atoms with E-state index in [1.807, 2.05) is 0 Å². The van der Waals surface area contributed by atoms with Crippen LogP contribution in [-0.2, 0) is 14.6 Å². The summed E-state index contributed by atoms with van der Waals surface area (Å²) in [7, 11) is -1.87. The van der Waals surface area contributed by atoms with Crippen LogP contribution in [0.3, 0.4) is 0 Å². The Labute approximate surface area is 157 Å². The van der Waals surface area contributed by atoms with Crippen LogP contribution in [0.5, 0.6) is 5.75 Å². The lowest BCUT2D eigenvalue weighted by Crippen LogP contribution is -2.45. The maximum Gasteiger partial charge on any atom is 0.311 e. The van der Waals surface area contributed by atoms with E-state index in [1.54, 1.807) is 0 Å². The molecule has 0 aliphatic carbocycles. The monoisotopic (exact) mass is 398 g/mol. The number of amides is 1. The molecular formula is C17H22N2O7S. The number of carbonyl (C=O) groups excluding carboxylic acids is 1. The fourth-order valence-electron chi connectivity index (χ4n) is 3.56. The molecule has 2 fully saturated rings. The first-order chi connectivity index (χ1) is 12.8. The second kappa shape index (κ2) is 7.81. The highest BCUT2D eigenvalue weighted by Gasteiger charge is 2.37. The van der Waals surface area contributed by atoms with Gasteiger partial charge in [-0.2, -0.15) is 0 Å². The van der Waals surface area contributed by atoms with Gasteiger partial charge in [-0.15, -0.1) is 0 Å². The summed E-state index contributed by atoms with van der Waals surface area (Å²) in [4.78, 5) is 25.3. The molecule has 2 aliphatic heterocycles. The number of benzene rings is 1. The number of methoxy groups -OCH3 is 1. The van der Waals surface area contributed by atoms with Crippen molar-refractivity contribution in [2.75, 3.05) is 31.8 Å². The van der Waals surface area contributed by atoms with Gasteiger partial charge in [-0.1, -0.05) is 0 Å². The van der Waals surface area contributed by atoms with E-state index in [1.165, 1.54) is 30.2 Å². The van der Waals surface area contributed by atoms with Crippen LogP contribution in [0, 0.1) is 10.1 Å². The predicted molar refractivity (Wildman–Crippen MR) is 96.7 cm³/mol. The molecule has 1 amide bonds. The highest BCUT2D eigenvalue weighted by atomic mass is 32.2. The van der Waals surface area contributed by atoms with Crippen molar-refractivity contribution in [3.05, 3.63) is 33.9 Å². The first-order valence-electron chi connectivity index (χ1n) is 8.76. The first-order valence-corrected chi connectivity index (χ1v) is 10.6. The molecule has 3 rings (SSSR count). The number of hydrogen-bond donors (Lipinski definition) is 0. The van der Waals surface area contributed by atoms with Crippen molar-refractivity contribution in [1.29, 1.82) is 0 Å². The first kappa shape index (κ1) is 19.6. The molecule has 2 saturated heterocycles. The van der Waals surface area contributed by atoms with Gasteiger partial charge in [0.2, 0.25) is 0 Å². The van der Waals surface area contributed by atoms with Crippen LogP contribution >= 0.6 is 0 Å². The summed E-state index contributed by atoms with van der Waals surface area (Å²) >= 11 is 0. The lowest BCUT2D eigenvalue weighted by molar-refractivity contribution is -0.385. The van der Waals surface area contributed by atoms with Crippen molar-refractivity contribution in [2.45, 2.75) is 31.4 Å². The zero-order valence-electron chi connectivity index (χ0n) is 15.0. The molecule has 2 heterocycles. The van der Waals surface area contributed by atoms with Crippen molar-refractivity contribution >= 4 is 21.4 Å². The van der Waals surface area contributed by atoms with Gasteiger partial charge in [0.25, 0.3) is 5.91 Å². The Balaban J connectivity index is 1.90. The van der Waals surface area contributed by atoms with E-state index in [4.69, 9.17) is 9.47 Å². The minimum atomic E-state index is -3.19. The summed E-state index contributed by atoms with van der Waals surface area (Å²) in [5.74, 6) is -0.427. The minimum Gasteiger partial charge on any atom is -0.490 e. The second-order valence-corrected chi connectivity index (χ2v) is 9.02. The summed E-state index contributed by atoms with van der Waals surface area (Å²) in [6.45, 7) is 0.891. The highest BCUT2D eigenvalue weighted by Crippen LogP contribution is 2.29. The fraction of sp³-hybridized carbons (Fsp3) is 0.588. The molecule has 1 aromatic rings. The van der Waals surface area contributed by atoms with Gasteiger partial charge in [0.15, 0.2) is 15.6 Å². The Kier molecular flexibility index (Phi) is 5.66. The molecule has 27 heavy (non-hydrogen) atoms. The molecule has 1 aromatic carbocycles. The molecule has 2 aliphatic rings. The van der Waals surface area contributed by atoms with Crippen molar-refractivity contribution in [3.63, 3.8) is 0 Å². The lowest BCUT2D eigenvalue weighted by Gasteiger charge is -2.30. The smallest absolute Gasteiger partial charge is 0.311 e. The van der Waals surface area contributed by atoms with Gasteiger partial charge in [-0.25, -0.2) is 8.42 Å². The number of sulfone groups is 1. The number of nitrogens with zero attached hydrogens (tertiary/aromatic N) is 2. The quantitative estimate of drug-likeness (QED) is 0.525. The van der Waals surface area contributed by atoms with Crippen LogP contribution in [0.15, 0.2) is 18.2 Å². The number of nitro benzene ring substituents is 1. The Morgan fingerprint density at radius 3 is 2.74 bits per heavy atom. The third-order valence-corrected chi connectivity index (χ3v) is 6.71. The van der Waals surface area contributed by atoms with Crippen LogP contribution in [-0.4, -0.2) is 68.1 Å². The van der Waals surface area contributed by atoms with Gasteiger partial charge >= 0.3 is 5.69 Å². The molecule has 9 nitrogen and oxygen atoms in total. The molecule has 0 saturated carbocycles. The molecule has 0 unspecified atom stereocenters. The normalized spacial score (nSPS) is 23.9. The van der Waals surface area contributed by atoms with Crippen molar-refractivity contribution in [2.24, 2.45) is 0 Å². The largest absolute Gasteiger partial charge is 0.490 e. The van der Waals surface area contributed by atoms with E-state index in [0.29, 0.717) is 13.0 Å². The topological polar surface area (TPSA) is 116 Å². The van der Waals surface area contributed by atoms with Crippen molar-refractivity contribution in [1.82, 2.24) is 4.90 Å². The van der Waals surface area contributed by atoms with E-state index in [9.17, 15) is 23.3 Å². The second-order valence-electron chi connectivity index (χ2n) is 6.79. The van der Waals surface area contributed by atoms with Crippen molar-refractivity contribution < 1.29 is 27.6 Å². The summed E-state index contributed by atoms with van der Waals surface area (Å²) in [6.07, 6.45) is 1.90. The number of ether oxygens (including phenoxy) is 2. The Morgan fingerprint density at radius 1 is 1.41 bits per heavy atom. The van der Waals surface area contributed by atoms with E-state index >= 15 is 0 Å². The van der Waals surface area contributed by atoms with Crippen LogP contribution in [0.1, 0.15) is 29.6 Å². The Bertz CT molecular complexity index is 834. The van der Waals surface area contributed by atoms with E-state index in [2.05, 4.69) is 0 Å². The summed E-state index contributed by atoms with van der Waals surface area (Å²) < 4.78 is 34.4. The Morgan fingerprint density at radius 2 is 2.19 bits per heavy atom. The van der Waals surface area contributed by atoms with Crippen LogP contribution in [0.25, 0.3) is 0 Å². The van der Waals surface area contributed by atoms with Gasteiger partial charge < -0.3 is 14.4 Å². The van der Waals surface area contributed by atoms with E-state index in [-0.39, 0.29) is 41.2 Å². The SMILES string of the molecule is COc1ccc(C(=O)N(C[C@@H]2CCCO2)[C@@H]2CCS(=O)(=O)C2)cc1[N+](=O)[O-]. The number of rotatable bonds is 6. The Hall–Kier alpha value is -2.20. The zero-order valence-corrected chi connectivity index (χ0v) is 15.8. The van der Waals surface area contributed by atoms with Crippen LogP contribution in [0.2, 0.25) is 0 Å². The fourth-order valence-corrected chi connectivity index (χ4v) is 5.29. The molecule has 0 bridgehead atoms. The van der Waals surface area contributed by atoms with Gasteiger partial charge in [-0.3, -0.25) is 14.9 Å². The average Bonchev–Trinajstić information content (AvgIpc) is 3.27. The molecule has 0 N–H and O–H groups in total. The number of nitro groups is 1. The maximum atomic E-state index is 13.1. The molecule has 0 spiro atoms. The van der Waals surface area contributed by atoms with E-state index in [0.717, 1.165) is 12.8 Å². The zero-order chi connectivity index (χ0) is 19.6. The van der Waals surface area contributed by atoms with Gasteiger partial charge in [0.1, 0.15) is 0 Å². The standard InChI is InChI=1S/C17H22N2O7S/c1-25-16-5-4-12(9-15(16)19(21)22)17(20)18(10-14-3-2-7-26-14)13-6-8-27(23,24)11-13/h4-5,9,13-14H,2-3,6-8,10-11H2,1H3/t13-,14+/m1/s1. The number of hydrogen-bond acceptors (Lipinski definition) is 7. The van der Waals surface area contributed by atoms with Crippen LogP contribution in [0.4, 0.5) is 5.69 Å². The lowest BCUT2D eigenvalue weighted by atomic mass is 10.1. The van der Waals surface area contributed by atoms with Gasteiger partial charge in [0, 0.05) is 30.8 Å². The van der Waals surface area contributed by atoms with Crippen molar-refractivity contribution in [3.8, 4) is 5.75 Å². The molecule has 2 atom stereocenters. The minimum absolute atomic E-state index is 0.0374. The van der Waals surface area contributed by atoms with Gasteiger partial charge in [-0.05, 0) is 31.4 Å². The third kappa shape index (κ3) is 4.38. The maximum absolute atomic E-state index is 13.1. The highest BCUT2D eigenvalue weighted by molar-refractivity contribution is 7.91. The number of carbonyl (C=O) groups is 1. The molecule has 0 aromatic heterocycles. The van der Waals surface area contributed by atoms with Gasteiger partial charge in [0.05, 0.1) is 29.6 Å². The summed E-state index contributed by atoms with van der Waals surface area (Å²) in [6, 6.07) is 3.56. The molecular weight excluding hydrogens is 376 g/mol.